The molecule has 1 aliphatic heterocycles. The second-order valence-corrected chi connectivity index (χ2v) is 8.33. The fourth-order valence-corrected chi connectivity index (χ4v) is 4.12. The fraction of sp³-hybridized carbons (Fsp3) is 0.588. The quantitative estimate of drug-likeness (QED) is 0.778. The van der Waals surface area contributed by atoms with Gasteiger partial charge in [0.1, 0.15) is 0 Å². The van der Waals surface area contributed by atoms with Gasteiger partial charge in [-0.15, -0.1) is 12.4 Å². The number of fused-ring (bicyclic) bond motifs is 1. The lowest BCUT2D eigenvalue weighted by Gasteiger charge is -2.32. The Hall–Kier alpha value is -1.31. The summed E-state index contributed by atoms with van der Waals surface area (Å²) in [4.78, 5) is 12.6. The first-order valence-corrected chi connectivity index (χ1v) is 10.2. The minimum atomic E-state index is -3.30. The Morgan fingerprint density at radius 1 is 1.32 bits per heavy atom. The van der Waals surface area contributed by atoms with Gasteiger partial charge in [-0.3, -0.25) is 9.10 Å². The van der Waals surface area contributed by atoms with Crippen molar-refractivity contribution in [2.75, 3.05) is 23.7 Å². The van der Waals surface area contributed by atoms with E-state index in [0.717, 1.165) is 31.2 Å². The number of carbonyl (C=O) groups is 1. The highest BCUT2D eigenvalue weighted by atomic mass is 35.5. The number of rotatable bonds is 6. The van der Waals surface area contributed by atoms with Gasteiger partial charge in [0, 0.05) is 18.7 Å². The molecular weight excluding hydrogens is 362 g/mol. The van der Waals surface area contributed by atoms with E-state index in [4.69, 9.17) is 5.73 Å². The topological polar surface area (TPSA) is 92.5 Å². The fourth-order valence-electron chi connectivity index (χ4n) is 3.13. The SMILES string of the molecule is CCC(CC)(CN)NC(=O)c1ccc2c(c1)CCCN2S(C)(=O)=O.Cl. The highest BCUT2D eigenvalue weighted by molar-refractivity contribution is 7.92. The molecule has 142 valence electrons. The third-order valence-electron chi connectivity index (χ3n) is 4.94. The molecule has 0 fully saturated rings. The smallest absolute Gasteiger partial charge is 0.251 e. The highest BCUT2D eigenvalue weighted by Crippen LogP contribution is 2.30. The van der Waals surface area contributed by atoms with Crippen molar-refractivity contribution in [1.29, 1.82) is 0 Å². The number of aryl methyl sites for hydroxylation is 1. The Morgan fingerprint density at radius 3 is 2.48 bits per heavy atom. The Balaban J connectivity index is 0.00000312. The Labute approximate surface area is 156 Å². The summed E-state index contributed by atoms with van der Waals surface area (Å²) in [5.74, 6) is -0.163. The Bertz CT molecular complexity index is 710. The van der Waals surface area contributed by atoms with Crippen molar-refractivity contribution < 1.29 is 13.2 Å². The zero-order valence-corrected chi connectivity index (χ0v) is 16.7. The summed E-state index contributed by atoms with van der Waals surface area (Å²) in [5.41, 5.74) is 7.56. The molecule has 1 amide bonds. The molecule has 3 N–H and O–H groups in total. The lowest BCUT2D eigenvalue weighted by Crippen LogP contribution is -2.52. The average Bonchev–Trinajstić information content (AvgIpc) is 2.57. The largest absolute Gasteiger partial charge is 0.345 e. The molecule has 1 aliphatic rings. The third kappa shape index (κ3) is 4.65. The van der Waals surface area contributed by atoms with Crippen LogP contribution in [0.4, 0.5) is 5.69 Å². The Morgan fingerprint density at radius 2 is 1.96 bits per heavy atom. The number of nitrogens with two attached hydrogens (primary N) is 1. The summed E-state index contributed by atoms with van der Waals surface area (Å²) in [6, 6.07) is 5.21. The minimum absolute atomic E-state index is 0. The number of nitrogens with zero attached hydrogens (tertiary/aromatic N) is 1. The van der Waals surface area contributed by atoms with Crippen molar-refractivity contribution >= 4 is 34.0 Å². The van der Waals surface area contributed by atoms with Crippen LogP contribution >= 0.6 is 12.4 Å². The lowest BCUT2D eigenvalue weighted by molar-refractivity contribution is 0.0895. The predicted octanol–water partition coefficient (Wildman–Crippen LogP) is 2.07. The normalized spacial score (nSPS) is 14.5. The molecule has 0 saturated carbocycles. The van der Waals surface area contributed by atoms with Crippen LogP contribution in [0.3, 0.4) is 0 Å². The molecule has 1 aromatic carbocycles. The third-order valence-corrected chi connectivity index (χ3v) is 6.12. The molecule has 1 aromatic rings. The molecule has 1 heterocycles. The van der Waals surface area contributed by atoms with E-state index >= 15 is 0 Å². The van der Waals surface area contributed by atoms with Crippen molar-refractivity contribution in [3.8, 4) is 0 Å². The van der Waals surface area contributed by atoms with E-state index in [2.05, 4.69) is 5.32 Å². The first-order chi connectivity index (χ1) is 11.3. The molecule has 0 bridgehead atoms. The number of hydrogen-bond acceptors (Lipinski definition) is 4. The molecule has 0 aromatic heterocycles. The van der Waals surface area contributed by atoms with Gasteiger partial charge < -0.3 is 11.1 Å². The van der Waals surface area contributed by atoms with Crippen LogP contribution in [0.1, 0.15) is 49.0 Å². The van der Waals surface area contributed by atoms with Gasteiger partial charge >= 0.3 is 0 Å². The average molecular weight is 390 g/mol. The second kappa shape index (κ2) is 8.38. The zero-order chi connectivity index (χ0) is 18.0. The maximum absolute atomic E-state index is 12.6. The summed E-state index contributed by atoms with van der Waals surface area (Å²) in [5, 5.41) is 3.05. The zero-order valence-electron chi connectivity index (χ0n) is 15.0. The Kier molecular flexibility index (Phi) is 7.28. The van der Waals surface area contributed by atoms with Gasteiger partial charge in [0.05, 0.1) is 17.5 Å². The maximum atomic E-state index is 12.6. The van der Waals surface area contributed by atoms with Crippen molar-refractivity contribution in [2.24, 2.45) is 5.73 Å². The summed E-state index contributed by atoms with van der Waals surface area (Å²) >= 11 is 0. The molecule has 8 heteroatoms. The van der Waals surface area contributed by atoms with Crippen molar-refractivity contribution in [2.45, 2.75) is 45.1 Å². The number of benzene rings is 1. The standard InChI is InChI=1S/C17H27N3O3S.ClH/c1-4-17(5-2,12-18)19-16(21)14-8-9-15-13(11-14)7-6-10-20(15)24(3,22)23;/h8-9,11H,4-7,10,12,18H2,1-3H3,(H,19,21);1H. The van der Waals surface area contributed by atoms with Gasteiger partial charge in [-0.25, -0.2) is 8.42 Å². The van der Waals surface area contributed by atoms with Gasteiger partial charge in [0.2, 0.25) is 10.0 Å². The van der Waals surface area contributed by atoms with Crippen LogP contribution in [0, 0.1) is 0 Å². The number of halogens is 1. The van der Waals surface area contributed by atoms with Crippen molar-refractivity contribution in [3.63, 3.8) is 0 Å². The molecular formula is C17H28ClN3O3S. The number of anilines is 1. The molecule has 6 nitrogen and oxygen atoms in total. The van der Waals surface area contributed by atoms with Gasteiger partial charge in [0.25, 0.3) is 5.91 Å². The molecule has 0 spiro atoms. The molecule has 0 saturated heterocycles. The number of hydrogen-bond donors (Lipinski definition) is 2. The van der Waals surface area contributed by atoms with Crippen LogP contribution < -0.4 is 15.4 Å². The van der Waals surface area contributed by atoms with Gasteiger partial charge in [-0.1, -0.05) is 13.8 Å². The lowest BCUT2D eigenvalue weighted by atomic mass is 9.92. The van der Waals surface area contributed by atoms with E-state index < -0.39 is 15.6 Å². The van der Waals surface area contributed by atoms with Crippen LogP contribution in [0.15, 0.2) is 18.2 Å². The molecule has 0 unspecified atom stereocenters. The van der Waals surface area contributed by atoms with Crippen LogP contribution in [-0.2, 0) is 16.4 Å². The van der Waals surface area contributed by atoms with Crippen LogP contribution in [0.2, 0.25) is 0 Å². The minimum Gasteiger partial charge on any atom is -0.345 e. The number of amides is 1. The first-order valence-electron chi connectivity index (χ1n) is 8.39. The van der Waals surface area contributed by atoms with Gasteiger partial charge in [0.15, 0.2) is 0 Å². The van der Waals surface area contributed by atoms with Crippen LogP contribution in [0.5, 0.6) is 0 Å². The van der Waals surface area contributed by atoms with E-state index in [-0.39, 0.29) is 18.3 Å². The van der Waals surface area contributed by atoms with E-state index in [1.807, 2.05) is 13.8 Å². The van der Waals surface area contributed by atoms with Crippen molar-refractivity contribution in [1.82, 2.24) is 5.32 Å². The second-order valence-electron chi connectivity index (χ2n) is 6.43. The van der Waals surface area contributed by atoms with E-state index in [0.29, 0.717) is 24.3 Å². The molecule has 25 heavy (non-hydrogen) atoms. The number of carbonyl (C=O) groups excluding carboxylic acids is 1. The monoisotopic (exact) mass is 389 g/mol. The highest BCUT2D eigenvalue weighted by Gasteiger charge is 2.28. The summed E-state index contributed by atoms with van der Waals surface area (Å²) < 4.78 is 25.2. The molecule has 0 aliphatic carbocycles. The van der Waals surface area contributed by atoms with E-state index in [1.54, 1.807) is 18.2 Å². The van der Waals surface area contributed by atoms with Crippen LogP contribution in [0.25, 0.3) is 0 Å². The first kappa shape index (κ1) is 21.7. The summed E-state index contributed by atoms with van der Waals surface area (Å²) in [7, 11) is -3.30. The van der Waals surface area contributed by atoms with Gasteiger partial charge in [-0.05, 0) is 49.4 Å². The van der Waals surface area contributed by atoms with Crippen molar-refractivity contribution in [3.05, 3.63) is 29.3 Å². The predicted molar refractivity (Wildman–Crippen MR) is 104 cm³/mol. The molecule has 2 rings (SSSR count). The number of nitrogens with one attached hydrogen (secondary N) is 1. The maximum Gasteiger partial charge on any atom is 0.251 e. The summed E-state index contributed by atoms with van der Waals surface area (Å²) in [6.45, 7) is 4.89. The van der Waals surface area contributed by atoms with E-state index in [9.17, 15) is 13.2 Å². The molecule has 0 atom stereocenters. The number of sulfonamides is 1. The van der Waals surface area contributed by atoms with E-state index in [1.165, 1.54) is 10.6 Å². The summed E-state index contributed by atoms with van der Waals surface area (Å²) in [6.07, 6.45) is 4.26. The molecule has 0 radical (unpaired) electrons. The van der Waals surface area contributed by atoms with Crippen LogP contribution in [-0.4, -0.2) is 39.2 Å². The van der Waals surface area contributed by atoms with Gasteiger partial charge in [-0.2, -0.15) is 0 Å².